The molecule has 0 aliphatic carbocycles. The van der Waals surface area contributed by atoms with Crippen LogP contribution in [0.1, 0.15) is 52.7 Å². The Morgan fingerprint density at radius 2 is 2.00 bits per heavy atom. The lowest BCUT2D eigenvalue weighted by atomic mass is 9.92. The van der Waals surface area contributed by atoms with Gasteiger partial charge in [-0.2, -0.15) is 5.10 Å². The van der Waals surface area contributed by atoms with Gasteiger partial charge in [0, 0.05) is 19.5 Å². The summed E-state index contributed by atoms with van der Waals surface area (Å²) in [4.78, 5) is 10.9. The van der Waals surface area contributed by atoms with Crippen molar-refractivity contribution in [2.45, 2.75) is 47.0 Å². The van der Waals surface area contributed by atoms with Gasteiger partial charge < -0.3 is 5.32 Å². The number of nitrogens with one attached hydrogen (secondary N) is 1. The number of hydrogen-bond donors (Lipinski definition) is 1. The van der Waals surface area contributed by atoms with Crippen LogP contribution in [0.5, 0.6) is 0 Å². The van der Waals surface area contributed by atoms with E-state index < -0.39 is 0 Å². The van der Waals surface area contributed by atoms with Gasteiger partial charge in [0.05, 0.1) is 4.92 Å². The van der Waals surface area contributed by atoms with E-state index in [4.69, 9.17) is 0 Å². The zero-order chi connectivity index (χ0) is 14.8. The molecule has 0 saturated heterocycles. The third-order valence-electron chi connectivity index (χ3n) is 2.95. The third kappa shape index (κ3) is 3.94. The monoisotopic (exact) mass is 268 g/mol. The van der Waals surface area contributed by atoms with Crippen LogP contribution in [0.15, 0.2) is 0 Å². The van der Waals surface area contributed by atoms with Gasteiger partial charge >= 0.3 is 5.69 Å². The molecule has 0 fully saturated rings. The molecule has 0 aliphatic rings. The standard InChI is InChI=1S/C13H24N4O2/c1-9(2)10-11(17(18)19)12(16(6)15-10)14-8-7-13(3,4)5/h9,14H,7-8H2,1-6H3. The van der Waals surface area contributed by atoms with Gasteiger partial charge in [0.1, 0.15) is 5.69 Å². The number of nitro groups is 1. The zero-order valence-electron chi connectivity index (χ0n) is 12.6. The van der Waals surface area contributed by atoms with Crippen LogP contribution < -0.4 is 5.32 Å². The Morgan fingerprint density at radius 1 is 1.42 bits per heavy atom. The van der Waals surface area contributed by atoms with Crippen molar-refractivity contribution in [3.8, 4) is 0 Å². The van der Waals surface area contributed by atoms with E-state index in [1.165, 1.54) is 0 Å². The van der Waals surface area contributed by atoms with E-state index in [9.17, 15) is 10.1 Å². The molecule has 108 valence electrons. The minimum Gasteiger partial charge on any atom is -0.365 e. The minimum absolute atomic E-state index is 0.0322. The molecule has 0 radical (unpaired) electrons. The SMILES string of the molecule is CC(C)c1nn(C)c(NCCC(C)(C)C)c1[N+](=O)[O-]. The van der Waals surface area contributed by atoms with E-state index >= 15 is 0 Å². The van der Waals surface area contributed by atoms with E-state index in [1.807, 2.05) is 13.8 Å². The highest BCUT2D eigenvalue weighted by molar-refractivity contribution is 5.60. The summed E-state index contributed by atoms with van der Waals surface area (Å²) in [5.41, 5.74) is 0.832. The maximum Gasteiger partial charge on any atom is 0.334 e. The van der Waals surface area contributed by atoms with Gasteiger partial charge in [0.2, 0.25) is 5.82 Å². The van der Waals surface area contributed by atoms with Crippen molar-refractivity contribution in [2.75, 3.05) is 11.9 Å². The van der Waals surface area contributed by atoms with Gasteiger partial charge in [-0.1, -0.05) is 34.6 Å². The van der Waals surface area contributed by atoms with Crippen LogP contribution in [0.25, 0.3) is 0 Å². The fourth-order valence-electron chi connectivity index (χ4n) is 1.86. The molecule has 0 amide bonds. The summed E-state index contributed by atoms with van der Waals surface area (Å²) < 4.78 is 1.57. The molecule has 0 unspecified atom stereocenters. The number of anilines is 1. The number of aromatic nitrogens is 2. The summed E-state index contributed by atoms with van der Waals surface area (Å²) in [5, 5.41) is 18.6. The van der Waals surface area contributed by atoms with Crippen molar-refractivity contribution in [1.29, 1.82) is 0 Å². The van der Waals surface area contributed by atoms with Crippen molar-refractivity contribution in [3.05, 3.63) is 15.8 Å². The fraction of sp³-hybridized carbons (Fsp3) is 0.769. The van der Waals surface area contributed by atoms with Crippen molar-refractivity contribution in [1.82, 2.24) is 9.78 Å². The van der Waals surface area contributed by atoms with Crippen LogP contribution in [0, 0.1) is 15.5 Å². The normalized spacial score (nSPS) is 11.9. The predicted molar refractivity (Wildman–Crippen MR) is 76.5 cm³/mol. The van der Waals surface area contributed by atoms with Crippen molar-refractivity contribution < 1.29 is 4.92 Å². The Kier molecular flexibility index (Phi) is 4.55. The Labute approximate surface area is 114 Å². The molecule has 19 heavy (non-hydrogen) atoms. The molecule has 0 saturated carbocycles. The largest absolute Gasteiger partial charge is 0.365 e. The number of nitrogens with zero attached hydrogens (tertiary/aromatic N) is 3. The topological polar surface area (TPSA) is 73.0 Å². The number of aryl methyl sites for hydroxylation is 1. The highest BCUT2D eigenvalue weighted by Gasteiger charge is 2.28. The molecule has 1 rings (SSSR count). The van der Waals surface area contributed by atoms with Gasteiger partial charge in [0.15, 0.2) is 0 Å². The van der Waals surface area contributed by atoms with Gasteiger partial charge in [-0.05, 0) is 11.8 Å². The van der Waals surface area contributed by atoms with Gasteiger partial charge in [-0.3, -0.25) is 10.1 Å². The minimum atomic E-state index is -0.345. The Balaban J connectivity index is 2.97. The van der Waals surface area contributed by atoms with E-state index in [-0.39, 0.29) is 21.9 Å². The van der Waals surface area contributed by atoms with Crippen molar-refractivity contribution in [2.24, 2.45) is 12.5 Å². The molecule has 1 aromatic rings. The van der Waals surface area contributed by atoms with E-state index in [0.29, 0.717) is 18.1 Å². The Hall–Kier alpha value is -1.59. The molecular weight excluding hydrogens is 244 g/mol. The number of hydrogen-bond acceptors (Lipinski definition) is 4. The van der Waals surface area contributed by atoms with Crippen molar-refractivity contribution in [3.63, 3.8) is 0 Å². The predicted octanol–water partition coefficient (Wildman–Crippen LogP) is 3.30. The summed E-state index contributed by atoms with van der Waals surface area (Å²) in [7, 11) is 1.73. The second-order valence-electron chi connectivity index (χ2n) is 6.36. The molecule has 0 aliphatic heterocycles. The molecule has 0 atom stereocenters. The molecule has 1 N–H and O–H groups in total. The highest BCUT2D eigenvalue weighted by atomic mass is 16.6. The summed E-state index contributed by atoms with van der Waals surface area (Å²) in [6, 6.07) is 0. The first kappa shape index (κ1) is 15.5. The van der Waals surface area contributed by atoms with Gasteiger partial charge in [-0.25, -0.2) is 4.68 Å². The third-order valence-corrected chi connectivity index (χ3v) is 2.95. The molecule has 6 heteroatoms. The Bertz CT molecular complexity index is 458. The van der Waals surface area contributed by atoms with E-state index in [0.717, 1.165) is 6.42 Å². The molecule has 0 spiro atoms. The van der Waals surface area contributed by atoms with E-state index in [2.05, 4.69) is 31.2 Å². The summed E-state index contributed by atoms with van der Waals surface area (Å²) >= 11 is 0. The average molecular weight is 268 g/mol. The number of rotatable bonds is 5. The van der Waals surface area contributed by atoms with Crippen LogP contribution in [0.4, 0.5) is 11.5 Å². The van der Waals surface area contributed by atoms with Gasteiger partial charge in [0.25, 0.3) is 0 Å². The average Bonchev–Trinajstić information content (AvgIpc) is 2.54. The lowest BCUT2D eigenvalue weighted by Crippen LogP contribution is -2.15. The maximum atomic E-state index is 11.2. The maximum absolute atomic E-state index is 11.2. The second kappa shape index (κ2) is 5.59. The summed E-state index contributed by atoms with van der Waals surface area (Å²) in [6.45, 7) is 11.0. The van der Waals surface area contributed by atoms with Crippen LogP contribution in [0.3, 0.4) is 0 Å². The second-order valence-corrected chi connectivity index (χ2v) is 6.36. The molecule has 0 bridgehead atoms. The summed E-state index contributed by atoms with van der Waals surface area (Å²) in [6.07, 6.45) is 0.937. The van der Waals surface area contributed by atoms with Crippen molar-refractivity contribution >= 4 is 11.5 Å². The van der Waals surface area contributed by atoms with Crippen LogP contribution in [0.2, 0.25) is 0 Å². The molecule has 1 heterocycles. The van der Waals surface area contributed by atoms with Crippen LogP contribution >= 0.6 is 0 Å². The summed E-state index contributed by atoms with van der Waals surface area (Å²) in [5.74, 6) is 0.530. The lowest BCUT2D eigenvalue weighted by molar-refractivity contribution is -0.384. The first-order valence-corrected chi connectivity index (χ1v) is 6.58. The molecule has 6 nitrogen and oxygen atoms in total. The molecular formula is C13H24N4O2. The fourth-order valence-corrected chi connectivity index (χ4v) is 1.86. The van der Waals surface area contributed by atoms with Gasteiger partial charge in [-0.15, -0.1) is 0 Å². The van der Waals surface area contributed by atoms with E-state index in [1.54, 1.807) is 11.7 Å². The van der Waals surface area contributed by atoms with Crippen LogP contribution in [-0.4, -0.2) is 21.2 Å². The molecule has 1 aromatic heterocycles. The smallest absolute Gasteiger partial charge is 0.334 e. The first-order chi connectivity index (χ1) is 8.63. The quantitative estimate of drug-likeness (QED) is 0.657. The first-order valence-electron chi connectivity index (χ1n) is 6.58. The molecule has 0 aromatic carbocycles. The zero-order valence-corrected chi connectivity index (χ0v) is 12.6. The van der Waals surface area contributed by atoms with Crippen LogP contribution in [-0.2, 0) is 7.05 Å². The lowest BCUT2D eigenvalue weighted by Gasteiger charge is -2.18. The highest BCUT2D eigenvalue weighted by Crippen LogP contribution is 2.33. The Morgan fingerprint density at radius 3 is 2.42 bits per heavy atom.